The molecule has 27 heavy (non-hydrogen) atoms. The van der Waals surface area contributed by atoms with Gasteiger partial charge in [-0.05, 0) is 50.5 Å². The number of fused-ring (bicyclic) bond motifs is 1. The summed E-state index contributed by atoms with van der Waals surface area (Å²) in [5, 5.41) is 9.16. The molecule has 146 valence electrons. The van der Waals surface area contributed by atoms with Gasteiger partial charge in [0.2, 0.25) is 5.91 Å². The Morgan fingerprint density at radius 3 is 2.59 bits per heavy atom. The number of aromatic nitrogens is 2. The summed E-state index contributed by atoms with van der Waals surface area (Å²) >= 11 is 0. The zero-order chi connectivity index (χ0) is 18.8. The molecule has 1 aliphatic heterocycles. The number of methoxy groups -OCH3 is 1. The van der Waals surface area contributed by atoms with Crippen molar-refractivity contribution in [1.29, 1.82) is 0 Å². The van der Waals surface area contributed by atoms with E-state index in [2.05, 4.69) is 40.2 Å². The number of amides is 1. The van der Waals surface area contributed by atoms with Gasteiger partial charge in [-0.25, -0.2) is 0 Å². The van der Waals surface area contributed by atoms with E-state index in [0.29, 0.717) is 17.9 Å². The lowest BCUT2D eigenvalue weighted by Crippen LogP contribution is -2.42. The molecule has 1 aliphatic carbocycles. The molecule has 4 rings (SSSR count). The Kier molecular flexibility index (Phi) is 5.48. The van der Waals surface area contributed by atoms with Gasteiger partial charge in [-0.1, -0.05) is 25.1 Å². The topological polar surface area (TPSA) is 58.2 Å². The summed E-state index contributed by atoms with van der Waals surface area (Å²) in [4.78, 5) is 15.0. The molecule has 2 aliphatic rings. The summed E-state index contributed by atoms with van der Waals surface area (Å²) in [7, 11) is 1.78. The first-order chi connectivity index (χ1) is 13.2. The Labute approximate surface area is 161 Å². The van der Waals surface area contributed by atoms with Crippen LogP contribution in [-0.2, 0) is 16.0 Å². The second-order valence-electron chi connectivity index (χ2n) is 8.11. The van der Waals surface area contributed by atoms with Gasteiger partial charge in [-0.15, -0.1) is 0 Å². The molecule has 1 amide bonds. The van der Waals surface area contributed by atoms with Crippen LogP contribution in [0.1, 0.15) is 62.6 Å². The molecule has 0 bridgehead atoms. The number of H-pyrrole nitrogens is 1. The first kappa shape index (κ1) is 18.5. The van der Waals surface area contributed by atoms with Crippen molar-refractivity contribution in [3.05, 3.63) is 29.5 Å². The first-order valence-corrected chi connectivity index (χ1v) is 10.5. The molecule has 2 aromatic rings. The predicted octanol–water partition coefficient (Wildman–Crippen LogP) is 4.04. The average Bonchev–Trinajstić information content (AvgIpc) is 3.17. The largest absolute Gasteiger partial charge is 0.381 e. The number of piperidine rings is 1. The summed E-state index contributed by atoms with van der Waals surface area (Å²) in [6.07, 6.45) is 7.37. The van der Waals surface area contributed by atoms with Gasteiger partial charge >= 0.3 is 0 Å². The number of hydrogen-bond acceptors (Lipinski definition) is 3. The number of ether oxygens (including phenoxy) is 1. The van der Waals surface area contributed by atoms with Gasteiger partial charge in [-0.2, -0.15) is 5.10 Å². The fraction of sp³-hybridized carbons (Fsp3) is 0.636. The number of carbonyl (C=O) groups is 1. The predicted molar refractivity (Wildman–Crippen MR) is 107 cm³/mol. The highest BCUT2D eigenvalue weighted by Gasteiger charge is 2.32. The van der Waals surface area contributed by atoms with Crippen LogP contribution in [0, 0.1) is 5.92 Å². The fourth-order valence-corrected chi connectivity index (χ4v) is 4.91. The molecule has 0 radical (unpaired) electrons. The van der Waals surface area contributed by atoms with Crippen LogP contribution in [0.4, 0.5) is 0 Å². The Balaban J connectivity index is 1.39. The van der Waals surface area contributed by atoms with E-state index in [1.54, 1.807) is 7.11 Å². The van der Waals surface area contributed by atoms with Crippen molar-refractivity contribution in [2.75, 3.05) is 20.2 Å². The minimum absolute atomic E-state index is 0.202. The molecule has 1 saturated heterocycles. The fourth-order valence-electron chi connectivity index (χ4n) is 4.91. The lowest BCUT2D eigenvalue weighted by atomic mass is 9.85. The molecule has 1 N–H and O–H groups in total. The quantitative estimate of drug-likeness (QED) is 0.885. The number of nitrogens with zero attached hydrogens (tertiary/aromatic N) is 2. The number of rotatable bonds is 4. The van der Waals surface area contributed by atoms with Crippen LogP contribution >= 0.6 is 0 Å². The maximum atomic E-state index is 12.9. The van der Waals surface area contributed by atoms with E-state index in [0.717, 1.165) is 63.6 Å². The van der Waals surface area contributed by atoms with Crippen LogP contribution in [0.25, 0.3) is 10.9 Å². The normalized spacial score (nSPS) is 24.4. The van der Waals surface area contributed by atoms with Crippen molar-refractivity contribution in [2.24, 2.45) is 5.92 Å². The van der Waals surface area contributed by atoms with Gasteiger partial charge in [0.05, 0.1) is 11.6 Å². The minimum Gasteiger partial charge on any atom is -0.381 e. The van der Waals surface area contributed by atoms with E-state index in [1.807, 2.05) is 0 Å². The monoisotopic (exact) mass is 369 g/mol. The second-order valence-corrected chi connectivity index (χ2v) is 8.11. The summed E-state index contributed by atoms with van der Waals surface area (Å²) in [6.45, 7) is 3.90. The Bertz CT molecular complexity index is 784. The minimum atomic E-state index is 0.202. The first-order valence-electron chi connectivity index (χ1n) is 10.5. The number of para-hydroxylation sites is 1. The third kappa shape index (κ3) is 3.62. The van der Waals surface area contributed by atoms with Gasteiger partial charge in [0.1, 0.15) is 0 Å². The van der Waals surface area contributed by atoms with Crippen molar-refractivity contribution in [2.45, 2.75) is 63.9 Å². The lowest BCUT2D eigenvalue weighted by Gasteiger charge is -2.36. The van der Waals surface area contributed by atoms with Crippen molar-refractivity contribution >= 4 is 16.8 Å². The van der Waals surface area contributed by atoms with Gasteiger partial charge in [0.25, 0.3) is 0 Å². The lowest BCUT2D eigenvalue weighted by molar-refractivity contribution is -0.138. The van der Waals surface area contributed by atoms with Gasteiger partial charge in [0, 0.05) is 43.1 Å². The highest BCUT2D eigenvalue weighted by Crippen LogP contribution is 2.34. The maximum Gasteiger partial charge on any atom is 0.225 e. The zero-order valence-corrected chi connectivity index (χ0v) is 16.5. The standard InChI is InChI=1S/C22H31N3O2/c1-3-15-5-4-6-19-20(15)23-24-21(19)16-11-13-25(14-12-16)22(26)17-7-9-18(27-2)10-8-17/h4-6,16-18H,3,7-14H2,1-2H3,(H,23,24). The molecule has 1 saturated carbocycles. The molecule has 5 nitrogen and oxygen atoms in total. The zero-order valence-electron chi connectivity index (χ0n) is 16.5. The Hall–Kier alpha value is -1.88. The van der Waals surface area contributed by atoms with E-state index >= 15 is 0 Å². The molecule has 0 atom stereocenters. The van der Waals surface area contributed by atoms with Crippen LogP contribution in [0.2, 0.25) is 0 Å². The SMILES string of the molecule is CCc1cccc2c(C3CCN(C(=O)C4CCC(OC)CC4)CC3)[nH]nc12. The number of carbonyl (C=O) groups excluding carboxylic acids is 1. The Morgan fingerprint density at radius 1 is 1.19 bits per heavy atom. The summed E-state index contributed by atoms with van der Waals surface area (Å²) < 4.78 is 5.44. The summed E-state index contributed by atoms with van der Waals surface area (Å²) in [5.74, 6) is 1.04. The number of benzene rings is 1. The number of aryl methyl sites for hydroxylation is 1. The second kappa shape index (κ2) is 8.01. The van der Waals surface area contributed by atoms with Crippen LogP contribution in [0.15, 0.2) is 18.2 Å². The van der Waals surface area contributed by atoms with Crippen molar-refractivity contribution in [1.82, 2.24) is 15.1 Å². The van der Waals surface area contributed by atoms with Crippen LogP contribution in [0.3, 0.4) is 0 Å². The van der Waals surface area contributed by atoms with Gasteiger partial charge in [0.15, 0.2) is 0 Å². The van der Waals surface area contributed by atoms with Gasteiger partial charge < -0.3 is 9.64 Å². The molecular formula is C22H31N3O2. The molecular weight excluding hydrogens is 338 g/mol. The highest BCUT2D eigenvalue weighted by atomic mass is 16.5. The third-order valence-electron chi connectivity index (χ3n) is 6.65. The van der Waals surface area contributed by atoms with E-state index in [4.69, 9.17) is 4.74 Å². The molecule has 2 fully saturated rings. The van der Waals surface area contributed by atoms with Crippen molar-refractivity contribution in [3.8, 4) is 0 Å². The van der Waals surface area contributed by atoms with E-state index in [1.165, 1.54) is 16.6 Å². The van der Waals surface area contributed by atoms with Crippen LogP contribution < -0.4 is 0 Å². The smallest absolute Gasteiger partial charge is 0.225 e. The van der Waals surface area contributed by atoms with Gasteiger partial charge in [-0.3, -0.25) is 9.89 Å². The number of aromatic amines is 1. The molecule has 5 heteroatoms. The van der Waals surface area contributed by atoms with Crippen molar-refractivity contribution in [3.63, 3.8) is 0 Å². The molecule has 1 aromatic heterocycles. The number of likely N-dealkylation sites (tertiary alicyclic amines) is 1. The molecule has 2 heterocycles. The third-order valence-corrected chi connectivity index (χ3v) is 6.65. The number of hydrogen-bond donors (Lipinski definition) is 1. The van der Waals surface area contributed by atoms with E-state index in [9.17, 15) is 4.79 Å². The van der Waals surface area contributed by atoms with Crippen molar-refractivity contribution < 1.29 is 9.53 Å². The van der Waals surface area contributed by atoms with E-state index < -0.39 is 0 Å². The molecule has 0 spiro atoms. The molecule has 1 aromatic carbocycles. The van der Waals surface area contributed by atoms with E-state index in [-0.39, 0.29) is 5.92 Å². The average molecular weight is 370 g/mol. The van der Waals surface area contributed by atoms with Crippen LogP contribution in [-0.4, -0.2) is 47.3 Å². The Morgan fingerprint density at radius 2 is 1.93 bits per heavy atom. The maximum absolute atomic E-state index is 12.9. The molecule has 0 unspecified atom stereocenters. The summed E-state index contributed by atoms with van der Waals surface area (Å²) in [6, 6.07) is 6.47. The van der Waals surface area contributed by atoms with Crippen LogP contribution in [0.5, 0.6) is 0 Å². The summed E-state index contributed by atoms with van der Waals surface area (Å²) in [5.41, 5.74) is 3.67. The highest BCUT2D eigenvalue weighted by molar-refractivity contribution is 5.85. The number of nitrogens with one attached hydrogen (secondary N) is 1.